The van der Waals surface area contributed by atoms with E-state index in [1.165, 1.54) is 5.56 Å². The van der Waals surface area contributed by atoms with E-state index in [0.717, 1.165) is 22.0 Å². The second kappa shape index (κ2) is 11.2. The molecule has 0 saturated carbocycles. The Balaban J connectivity index is 1.43. The first-order valence-electron chi connectivity index (χ1n) is 10.4. The van der Waals surface area contributed by atoms with Crippen LogP contribution in [0.15, 0.2) is 95.4 Å². The Bertz CT molecular complexity index is 1150. The molecule has 0 N–H and O–H groups in total. The second-order valence-electron chi connectivity index (χ2n) is 6.89. The van der Waals surface area contributed by atoms with Gasteiger partial charge in [0.05, 0.1) is 12.8 Å². The molecule has 32 heavy (non-hydrogen) atoms. The van der Waals surface area contributed by atoms with Crippen LogP contribution < -0.4 is 9.47 Å². The molecule has 0 fully saturated rings. The van der Waals surface area contributed by atoms with Gasteiger partial charge in [0, 0.05) is 5.75 Å². The minimum Gasteiger partial charge on any atom is -0.490 e. The summed E-state index contributed by atoms with van der Waals surface area (Å²) in [4.78, 5) is 0. The van der Waals surface area contributed by atoms with Gasteiger partial charge in [0.15, 0.2) is 11.5 Å². The maximum Gasteiger partial charge on any atom is 0.212 e. The van der Waals surface area contributed by atoms with Crippen molar-refractivity contribution in [3.05, 3.63) is 102 Å². The van der Waals surface area contributed by atoms with Crippen LogP contribution in [0.25, 0.3) is 0 Å². The monoisotopic (exact) mass is 444 g/mol. The van der Waals surface area contributed by atoms with Crippen molar-refractivity contribution in [1.29, 1.82) is 0 Å². The molecule has 0 amide bonds. The largest absolute Gasteiger partial charge is 0.490 e. The van der Waals surface area contributed by atoms with Gasteiger partial charge >= 0.3 is 0 Å². The highest BCUT2D eigenvalue weighted by atomic mass is 32.2. The Morgan fingerprint density at radius 3 is 2.41 bits per heavy atom. The lowest BCUT2D eigenvalue weighted by molar-refractivity contribution is 0.269. The SMILES string of the molecule is CCOc1cc(/C=N/n2cnnc2SCc2ccccc2)ccc1OCc1ccccc1. The van der Waals surface area contributed by atoms with Gasteiger partial charge in [-0.1, -0.05) is 72.4 Å². The summed E-state index contributed by atoms with van der Waals surface area (Å²) in [6.45, 7) is 2.99. The molecule has 4 rings (SSSR count). The normalized spacial score (nSPS) is 11.0. The van der Waals surface area contributed by atoms with Gasteiger partial charge in [0.1, 0.15) is 12.9 Å². The third kappa shape index (κ3) is 5.98. The average Bonchev–Trinajstić information content (AvgIpc) is 3.30. The molecule has 0 atom stereocenters. The number of hydrogen-bond donors (Lipinski definition) is 0. The van der Waals surface area contributed by atoms with Crippen molar-refractivity contribution in [2.24, 2.45) is 5.10 Å². The van der Waals surface area contributed by atoms with Crippen LogP contribution in [-0.4, -0.2) is 27.7 Å². The van der Waals surface area contributed by atoms with Gasteiger partial charge in [-0.3, -0.25) is 0 Å². The van der Waals surface area contributed by atoms with E-state index < -0.39 is 0 Å². The van der Waals surface area contributed by atoms with Crippen molar-refractivity contribution in [2.45, 2.75) is 24.4 Å². The van der Waals surface area contributed by atoms with Gasteiger partial charge in [-0.15, -0.1) is 10.2 Å². The Kier molecular flexibility index (Phi) is 7.55. The Morgan fingerprint density at radius 1 is 0.906 bits per heavy atom. The number of thioether (sulfide) groups is 1. The molecular formula is C25H24N4O2S. The average molecular weight is 445 g/mol. The highest BCUT2D eigenvalue weighted by Gasteiger charge is 2.08. The van der Waals surface area contributed by atoms with E-state index >= 15 is 0 Å². The van der Waals surface area contributed by atoms with E-state index in [1.807, 2.05) is 73.7 Å². The Hall–Kier alpha value is -3.58. The van der Waals surface area contributed by atoms with Gasteiger partial charge in [-0.2, -0.15) is 9.78 Å². The van der Waals surface area contributed by atoms with E-state index in [9.17, 15) is 0 Å². The minimum atomic E-state index is 0.483. The number of rotatable bonds is 10. The lowest BCUT2D eigenvalue weighted by atomic mass is 10.2. The van der Waals surface area contributed by atoms with E-state index in [1.54, 1.807) is 29.0 Å². The summed E-state index contributed by atoms with van der Waals surface area (Å²) < 4.78 is 13.4. The maximum absolute atomic E-state index is 5.98. The quantitative estimate of drug-likeness (QED) is 0.241. The second-order valence-corrected chi connectivity index (χ2v) is 7.83. The predicted molar refractivity (Wildman–Crippen MR) is 127 cm³/mol. The highest BCUT2D eigenvalue weighted by molar-refractivity contribution is 7.98. The fourth-order valence-electron chi connectivity index (χ4n) is 2.97. The van der Waals surface area contributed by atoms with Crippen LogP contribution in [0.3, 0.4) is 0 Å². The van der Waals surface area contributed by atoms with Gasteiger partial charge in [-0.25, -0.2) is 0 Å². The summed E-state index contributed by atoms with van der Waals surface area (Å²) in [6.07, 6.45) is 3.37. The van der Waals surface area contributed by atoms with Crippen LogP contribution >= 0.6 is 11.8 Å². The standard InChI is InChI=1S/C25H24N4O2S/c1-2-30-24-15-22(13-14-23(24)31-17-20-9-5-3-6-10-20)16-27-29-19-26-28-25(29)32-18-21-11-7-4-8-12-21/h3-16,19H,2,17-18H2,1H3/b27-16+. The van der Waals surface area contributed by atoms with Crippen molar-refractivity contribution in [1.82, 2.24) is 14.9 Å². The van der Waals surface area contributed by atoms with Crippen LogP contribution in [-0.2, 0) is 12.4 Å². The fraction of sp³-hybridized carbons (Fsp3) is 0.160. The number of benzene rings is 3. The molecule has 1 heterocycles. The third-order valence-electron chi connectivity index (χ3n) is 4.55. The molecule has 0 aliphatic heterocycles. The number of hydrogen-bond acceptors (Lipinski definition) is 6. The lowest BCUT2D eigenvalue weighted by Crippen LogP contribution is -2.00. The number of aromatic nitrogens is 3. The van der Waals surface area contributed by atoms with Crippen LogP contribution in [0.1, 0.15) is 23.6 Å². The van der Waals surface area contributed by atoms with Crippen LogP contribution in [0.5, 0.6) is 11.5 Å². The van der Waals surface area contributed by atoms with Crippen LogP contribution in [0.4, 0.5) is 0 Å². The van der Waals surface area contributed by atoms with E-state index in [4.69, 9.17) is 9.47 Å². The molecule has 1 aromatic heterocycles. The van der Waals surface area contributed by atoms with Crippen molar-refractivity contribution in [3.8, 4) is 11.5 Å². The molecule has 6 nitrogen and oxygen atoms in total. The smallest absolute Gasteiger partial charge is 0.212 e. The van der Waals surface area contributed by atoms with Gasteiger partial charge in [-0.05, 0) is 41.8 Å². The zero-order valence-electron chi connectivity index (χ0n) is 17.8. The maximum atomic E-state index is 5.98. The van der Waals surface area contributed by atoms with Crippen molar-refractivity contribution in [3.63, 3.8) is 0 Å². The van der Waals surface area contributed by atoms with E-state index in [0.29, 0.717) is 24.7 Å². The summed E-state index contributed by atoms with van der Waals surface area (Å²) in [5, 5.41) is 13.4. The summed E-state index contributed by atoms with van der Waals surface area (Å²) >= 11 is 1.59. The van der Waals surface area contributed by atoms with Gasteiger partial charge < -0.3 is 9.47 Å². The zero-order chi connectivity index (χ0) is 22.0. The van der Waals surface area contributed by atoms with E-state index in [2.05, 4.69) is 27.4 Å². The minimum absolute atomic E-state index is 0.483. The lowest BCUT2D eigenvalue weighted by Gasteiger charge is -2.12. The number of ether oxygens (including phenoxy) is 2. The van der Waals surface area contributed by atoms with Gasteiger partial charge in [0.25, 0.3) is 0 Å². The molecule has 0 spiro atoms. The Morgan fingerprint density at radius 2 is 1.66 bits per heavy atom. The van der Waals surface area contributed by atoms with Crippen molar-refractivity contribution >= 4 is 18.0 Å². The summed E-state index contributed by atoms with van der Waals surface area (Å²) in [5.74, 6) is 2.20. The Labute approximate surface area is 191 Å². The van der Waals surface area contributed by atoms with Crippen molar-refractivity contribution in [2.75, 3.05) is 6.61 Å². The molecule has 162 valence electrons. The number of nitrogens with zero attached hydrogens (tertiary/aromatic N) is 4. The summed E-state index contributed by atoms with van der Waals surface area (Å²) in [5.41, 5.74) is 3.23. The molecule has 0 radical (unpaired) electrons. The van der Waals surface area contributed by atoms with Gasteiger partial charge in [0.2, 0.25) is 5.16 Å². The highest BCUT2D eigenvalue weighted by Crippen LogP contribution is 2.29. The first-order chi connectivity index (χ1) is 15.8. The zero-order valence-corrected chi connectivity index (χ0v) is 18.6. The molecule has 0 aliphatic carbocycles. The van der Waals surface area contributed by atoms with Crippen LogP contribution in [0, 0.1) is 0 Å². The molecule has 0 bridgehead atoms. The molecule has 4 aromatic rings. The molecule has 0 aliphatic rings. The summed E-state index contributed by atoms with van der Waals surface area (Å²) in [7, 11) is 0. The first-order valence-corrected chi connectivity index (χ1v) is 11.3. The van der Waals surface area contributed by atoms with Crippen LogP contribution in [0.2, 0.25) is 0 Å². The molecule has 0 saturated heterocycles. The predicted octanol–water partition coefficient (Wildman–Crippen LogP) is 5.43. The molecule has 7 heteroatoms. The van der Waals surface area contributed by atoms with E-state index in [-0.39, 0.29) is 0 Å². The topological polar surface area (TPSA) is 61.5 Å². The first kappa shape index (κ1) is 21.6. The molecular weight excluding hydrogens is 420 g/mol. The third-order valence-corrected chi connectivity index (χ3v) is 5.55. The van der Waals surface area contributed by atoms with Crippen molar-refractivity contribution < 1.29 is 9.47 Å². The summed E-state index contributed by atoms with van der Waals surface area (Å²) in [6, 6.07) is 26.1. The molecule has 0 unspecified atom stereocenters. The fourth-order valence-corrected chi connectivity index (χ4v) is 3.79. The molecule has 3 aromatic carbocycles.